The van der Waals surface area contributed by atoms with Crippen LogP contribution in [0.25, 0.3) is 0 Å². The standard InChI is InChI=1S/C17H14BrClN2O2S/c18-10-5-6-14(13(19)7-10)23-9-16(22)21-17-12(8-20)11-3-1-2-4-15(11)24-17/h5-7H,1-4,9H2,(H,21,22). The zero-order chi connectivity index (χ0) is 17.1. The third kappa shape index (κ3) is 3.75. The van der Waals surface area contributed by atoms with Crippen molar-refractivity contribution in [3.05, 3.63) is 43.7 Å². The Morgan fingerprint density at radius 1 is 1.42 bits per heavy atom. The van der Waals surface area contributed by atoms with Gasteiger partial charge in [0.05, 0.1) is 10.6 Å². The van der Waals surface area contributed by atoms with Crippen LogP contribution in [0.5, 0.6) is 5.75 Å². The van der Waals surface area contributed by atoms with E-state index in [0.29, 0.717) is 21.3 Å². The zero-order valence-corrected chi connectivity index (χ0v) is 15.9. The largest absolute Gasteiger partial charge is 0.482 e. The number of hydrogen-bond acceptors (Lipinski definition) is 4. The molecule has 0 aliphatic heterocycles. The van der Waals surface area contributed by atoms with Crippen LogP contribution < -0.4 is 10.1 Å². The van der Waals surface area contributed by atoms with Gasteiger partial charge in [0.15, 0.2) is 6.61 Å². The van der Waals surface area contributed by atoms with Crippen LogP contribution in [-0.2, 0) is 17.6 Å². The first-order valence-electron chi connectivity index (χ1n) is 7.51. The molecule has 0 fully saturated rings. The number of nitrogens with one attached hydrogen (secondary N) is 1. The van der Waals surface area contributed by atoms with Gasteiger partial charge in [0.2, 0.25) is 0 Å². The van der Waals surface area contributed by atoms with Crippen molar-refractivity contribution in [2.24, 2.45) is 0 Å². The number of ether oxygens (including phenoxy) is 1. The second-order valence-corrected chi connectivity index (χ2v) is 7.87. The maximum absolute atomic E-state index is 12.2. The van der Waals surface area contributed by atoms with Crippen molar-refractivity contribution in [1.29, 1.82) is 5.26 Å². The Hall–Kier alpha value is -1.55. The summed E-state index contributed by atoms with van der Waals surface area (Å²) in [5.74, 6) is 0.144. The molecule has 1 amide bonds. The molecule has 0 radical (unpaired) electrons. The Bertz CT molecular complexity index is 829. The molecule has 3 rings (SSSR count). The van der Waals surface area contributed by atoms with Crippen molar-refractivity contribution in [3.63, 3.8) is 0 Å². The second kappa shape index (κ2) is 7.56. The minimum Gasteiger partial charge on any atom is -0.482 e. The van der Waals surface area contributed by atoms with Crippen molar-refractivity contribution in [3.8, 4) is 11.8 Å². The predicted octanol–water partition coefficient (Wildman–Crippen LogP) is 4.93. The molecule has 124 valence electrons. The third-order valence-electron chi connectivity index (χ3n) is 3.79. The molecule has 7 heteroatoms. The number of thiophene rings is 1. The Morgan fingerprint density at radius 3 is 2.96 bits per heavy atom. The first kappa shape index (κ1) is 17.3. The van der Waals surface area contributed by atoms with Crippen molar-refractivity contribution in [2.75, 3.05) is 11.9 Å². The fourth-order valence-corrected chi connectivity index (χ4v) is 4.65. The van der Waals surface area contributed by atoms with Gasteiger partial charge >= 0.3 is 0 Å². The van der Waals surface area contributed by atoms with Gasteiger partial charge in [-0.15, -0.1) is 11.3 Å². The summed E-state index contributed by atoms with van der Waals surface area (Å²) in [7, 11) is 0. The lowest BCUT2D eigenvalue weighted by molar-refractivity contribution is -0.118. The fourth-order valence-electron chi connectivity index (χ4n) is 2.67. The summed E-state index contributed by atoms with van der Waals surface area (Å²) in [5, 5.41) is 13.3. The number of nitriles is 1. The van der Waals surface area contributed by atoms with Crippen LogP contribution in [0, 0.1) is 11.3 Å². The number of carbonyl (C=O) groups excluding carboxylic acids is 1. The maximum Gasteiger partial charge on any atom is 0.262 e. The second-order valence-electron chi connectivity index (χ2n) is 5.44. The molecule has 0 atom stereocenters. The Labute approximate surface area is 157 Å². The number of aryl methyl sites for hydroxylation is 1. The van der Waals surface area contributed by atoms with E-state index in [4.69, 9.17) is 16.3 Å². The van der Waals surface area contributed by atoms with Crippen molar-refractivity contribution in [2.45, 2.75) is 25.7 Å². The van der Waals surface area contributed by atoms with Crippen LogP contribution in [0.4, 0.5) is 5.00 Å². The highest BCUT2D eigenvalue weighted by Crippen LogP contribution is 2.37. The zero-order valence-electron chi connectivity index (χ0n) is 12.7. The number of hydrogen-bond donors (Lipinski definition) is 1. The Balaban J connectivity index is 1.67. The molecule has 0 unspecified atom stereocenters. The number of rotatable bonds is 4. The van der Waals surface area contributed by atoms with Gasteiger partial charge in [0, 0.05) is 9.35 Å². The number of halogens is 2. The van der Waals surface area contributed by atoms with Gasteiger partial charge in [-0.1, -0.05) is 27.5 Å². The van der Waals surface area contributed by atoms with E-state index in [-0.39, 0.29) is 12.5 Å². The number of benzene rings is 1. The lowest BCUT2D eigenvalue weighted by Gasteiger charge is -2.09. The number of anilines is 1. The van der Waals surface area contributed by atoms with Crippen LogP contribution in [0.3, 0.4) is 0 Å². The molecule has 1 aromatic carbocycles. The van der Waals surface area contributed by atoms with Crippen molar-refractivity contribution in [1.82, 2.24) is 0 Å². The van der Waals surface area contributed by atoms with Crippen LogP contribution >= 0.6 is 38.9 Å². The van der Waals surface area contributed by atoms with Crippen LogP contribution in [0.1, 0.15) is 28.8 Å². The van der Waals surface area contributed by atoms with Crippen LogP contribution in [0.15, 0.2) is 22.7 Å². The number of carbonyl (C=O) groups is 1. The molecule has 1 N–H and O–H groups in total. The summed E-state index contributed by atoms with van der Waals surface area (Å²) in [4.78, 5) is 13.4. The Kier molecular flexibility index (Phi) is 5.44. The molecule has 24 heavy (non-hydrogen) atoms. The maximum atomic E-state index is 12.2. The monoisotopic (exact) mass is 424 g/mol. The highest BCUT2D eigenvalue weighted by Gasteiger charge is 2.21. The minimum absolute atomic E-state index is 0.158. The van der Waals surface area contributed by atoms with Gasteiger partial charge in [-0.25, -0.2) is 0 Å². The lowest BCUT2D eigenvalue weighted by Crippen LogP contribution is -2.20. The molecule has 0 saturated heterocycles. The molecular formula is C17H14BrClN2O2S. The van der Waals surface area contributed by atoms with E-state index < -0.39 is 0 Å². The Morgan fingerprint density at radius 2 is 2.21 bits per heavy atom. The topological polar surface area (TPSA) is 62.1 Å². The SMILES string of the molecule is N#Cc1c(NC(=O)COc2ccc(Br)cc2Cl)sc2c1CCCC2. The molecule has 1 aliphatic carbocycles. The van der Waals surface area contributed by atoms with Crippen LogP contribution in [-0.4, -0.2) is 12.5 Å². The minimum atomic E-state index is -0.302. The molecule has 0 bridgehead atoms. The molecule has 0 saturated carbocycles. The first-order chi connectivity index (χ1) is 11.6. The quantitative estimate of drug-likeness (QED) is 0.755. The van der Waals surface area contributed by atoms with Crippen molar-refractivity contribution < 1.29 is 9.53 Å². The smallest absolute Gasteiger partial charge is 0.262 e. The van der Waals surface area contributed by atoms with E-state index in [2.05, 4.69) is 27.3 Å². The molecule has 1 aromatic heterocycles. The number of fused-ring (bicyclic) bond motifs is 1. The average Bonchev–Trinajstić information content (AvgIpc) is 2.90. The van der Waals surface area contributed by atoms with Gasteiger partial charge in [-0.3, -0.25) is 4.79 Å². The lowest BCUT2D eigenvalue weighted by atomic mass is 9.96. The van der Waals surface area contributed by atoms with Gasteiger partial charge in [-0.2, -0.15) is 5.26 Å². The highest BCUT2D eigenvalue weighted by atomic mass is 79.9. The average molecular weight is 426 g/mol. The summed E-state index contributed by atoms with van der Waals surface area (Å²) in [6.45, 7) is -0.158. The van der Waals surface area contributed by atoms with Gasteiger partial charge < -0.3 is 10.1 Å². The molecule has 2 aromatic rings. The van der Waals surface area contributed by atoms with E-state index in [0.717, 1.165) is 35.7 Å². The van der Waals surface area contributed by atoms with E-state index in [1.165, 1.54) is 16.2 Å². The molecule has 4 nitrogen and oxygen atoms in total. The van der Waals surface area contributed by atoms with Gasteiger partial charge in [-0.05, 0) is 49.4 Å². The molecular weight excluding hydrogens is 412 g/mol. The summed E-state index contributed by atoms with van der Waals surface area (Å²) < 4.78 is 6.30. The van der Waals surface area contributed by atoms with Crippen LogP contribution in [0.2, 0.25) is 5.02 Å². The molecule has 1 aliphatic rings. The molecule has 0 spiro atoms. The van der Waals surface area contributed by atoms with Crippen molar-refractivity contribution >= 4 is 49.8 Å². The number of nitrogens with zero attached hydrogens (tertiary/aromatic N) is 1. The summed E-state index contributed by atoms with van der Waals surface area (Å²) in [6, 6.07) is 7.42. The first-order valence-corrected chi connectivity index (χ1v) is 9.49. The summed E-state index contributed by atoms with van der Waals surface area (Å²) in [6.07, 6.45) is 4.12. The molecule has 1 heterocycles. The van der Waals surface area contributed by atoms with E-state index >= 15 is 0 Å². The normalized spacial score (nSPS) is 13.0. The summed E-state index contributed by atoms with van der Waals surface area (Å²) >= 11 is 10.9. The highest BCUT2D eigenvalue weighted by molar-refractivity contribution is 9.10. The number of amides is 1. The van der Waals surface area contributed by atoms with E-state index in [1.807, 2.05) is 0 Å². The van der Waals surface area contributed by atoms with Gasteiger partial charge in [0.25, 0.3) is 5.91 Å². The van der Waals surface area contributed by atoms with E-state index in [1.54, 1.807) is 18.2 Å². The fraction of sp³-hybridized carbons (Fsp3) is 0.294. The summed E-state index contributed by atoms with van der Waals surface area (Å²) in [5.41, 5.74) is 1.70. The van der Waals surface area contributed by atoms with Gasteiger partial charge in [0.1, 0.15) is 16.8 Å². The third-order valence-corrected chi connectivity index (χ3v) is 5.78. The predicted molar refractivity (Wildman–Crippen MR) is 99.0 cm³/mol. The van der Waals surface area contributed by atoms with E-state index in [9.17, 15) is 10.1 Å².